The number of amides is 1. The molecule has 2 heterocycles. The van der Waals surface area contributed by atoms with Crippen molar-refractivity contribution in [1.82, 2.24) is 24.7 Å². The number of aromatic amines is 2. The summed E-state index contributed by atoms with van der Waals surface area (Å²) >= 11 is 1.34. The summed E-state index contributed by atoms with van der Waals surface area (Å²) in [5.74, 6) is 0.846. The lowest BCUT2D eigenvalue weighted by molar-refractivity contribution is -0.113. The largest absolute Gasteiger partial charge is 0.325 e. The normalized spacial score (nSPS) is 11.1. The maximum Gasteiger partial charge on any atom is 0.323 e. The highest BCUT2D eigenvalue weighted by Crippen LogP contribution is 2.26. The quantitative estimate of drug-likeness (QED) is 0.425. The van der Waals surface area contributed by atoms with Crippen molar-refractivity contribution in [2.24, 2.45) is 0 Å². The van der Waals surface area contributed by atoms with Crippen molar-refractivity contribution in [2.75, 3.05) is 11.1 Å². The molecule has 0 unspecified atom stereocenters. The topological polar surface area (TPSA) is 108 Å². The zero-order valence-electron chi connectivity index (χ0n) is 16.0. The van der Waals surface area contributed by atoms with Gasteiger partial charge in [0.05, 0.1) is 16.8 Å². The number of hydrogen-bond donors (Lipinski definition) is 3. The Kier molecular flexibility index (Phi) is 5.22. The number of aromatic nitrogens is 5. The minimum Gasteiger partial charge on any atom is -0.325 e. The van der Waals surface area contributed by atoms with Gasteiger partial charge in [-0.2, -0.15) is 0 Å². The number of thioether (sulfide) groups is 1. The third-order valence-electron chi connectivity index (χ3n) is 4.55. The molecule has 3 N–H and O–H groups in total. The summed E-state index contributed by atoms with van der Waals surface area (Å²) in [7, 11) is 0. The van der Waals surface area contributed by atoms with Crippen molar-refractivity contribution in [3.05, 3.63) is 58.5 Å². The van der Waals surface area contributed by atoms with Gasteiger partial charge in [-0.15, -0.1) is 10.2 Å². The number of hydrogen-bond acceptors (Lipinski definition) is 5. The predicted octanol–water partition coefficient (Wildman–Crippen LogP) is 3.17. The average molecular weight is 408 g/mol. The first kappa shape index (κ1) is 19.0. The van der Waals surface area contributed by atoms with Gasteiger partial charge in [0.25, 0.3) is 0 Å². The summed E-state index contributed by atoms with van der Waals surface area (Å²) in [5.41, 5.74) is 3.85. The van der Waals surface area contributed by atoms with E-state index in [-0.39, 0.29) is 17.3 Å². The van der Waals surface area contributed by atoms with Crippen LogP contribution in [0.2, 0.25) is 0 Å². The first-order chi connectivity index (χ1) is 14.0. The highest BCUT2D eigenvalue weighted by Gasteiger charge is 2.16. The van der Waals surface area contributed by atoms with Crippen LogP contribution in [0.25, 0.3) is 22.4 Å². The summed E-state index contributed by atoms with van der Waals surface area (Å²) in [4.78, 5) is 29.1. The number of fused-ring (bicyclic) bond motifs is 1. The second-order valence-electron chi connectivity index (χ2n) is 6.54. The molecule has 9 heteroatoms. The molecule has 29 heavy (non-hydrogen) atoms. The van der Waals surface area contributed by atoms with E-state index in [2.05, 4.69) is 25.5 Å². The van der Waals surface area contributed by atoms with Gasteiger partial charge in [-0.25, -0.2) is 4.79 Å². The molecule has 1 amide bonds. The van der Waals surface area contributed by atoms with Crippen molar-refractivity contribution >= 4 is 34.4 Å². The van der Waals surface area contributed by atoms with E-state index in [0.717, 1.165) is 17.0 Å². The van der Waals surface area contributed by atoms with Crippen LogP contribution in [0.3, 0.4) is 0 Å². The maximum atomic E-state index is 12.4. The number of aryl methyl sites for hydroxylation is 1. The summed E-state index contributed by atoms with van der Waals surface area (Å²) in [6.07, 6.45) is 0. The maximum absolute atomic E-state index is 12.4. The number of nitrogens with one attached hydrogen (secondary N) is 3. The second kappa shape index (κ2) is 7.96. The molecule has 0 saturated heterocycles. The van der Waals surface area contributed by atoms with Gasteiger partial charge in [0.15, 0.2) is 11.0 Å². The van der Waals surface area contributed by atoms with E-state index in [4.69, 9.17) is 0 Å². The second-order valence-corrected chi connectivity index (χ2v) is 7.48. The molecule has 0 spiro atoms. The van der Waals surface area contributed by atoms with Gasteiger partial charge < -0.3 is 19.9 Å². The molecule has 4 aromatic rings. The third kappa shape index (κ3) is 3.95. The lowest BCUT2D eigenvalue weighted by Crippen LogP contribution is -2.14. The van der Waals surface area contributed by atoms with Gasteiger partial charge in [0.2, 0.25) is 5.91 Å². The fraction of sp³-hybridized carbons (Fsp3) is 0.200. The van der Waals surface area contributed by atoms with E-state index >= 15 is 0 Å². The summed E-state index contributed by atoms with van der Waals surface area (Å²) in [5, 5.41) is 12.2. The number of anilines is 1. The lowest BCUT2D eigenvalue weighted by Gasteiger charge is -2.09. The zero-order valence-corrected chi connectivity index (χ0v) is 16.8. The Labute approximate surface area is 170 Å². The van der Waals surface area contributed by atoms with Gasteiger partial charge in [-0.05, 0) is 37.6 Å². The average Bonchev–Trinajstić information content (AvgIpc) is 3.28. The molecule has 0 aliphatic heterocycles. The van der Waals surface area contributed by atoms with E-state index in [0.29, 0.717) is 28.4 Å². The third-order valence-corrected chi connectivity index (χ3v) is 5.52. The monoisotopic (exact) mass is 408 g/mol. The fourth-order valence-electron chi connectivity index (χ4n) is 3.14. The zero-order chi connectivity index (χ0) is 20.4. The number of H-pyrrole nitrogens is 2. The van der Waals surface area contributed by atoms with Gasteiger partial charge in [-0.3, -0.25) is 4.79 Å². The first-order valence-electron chi connectivity index (χ1n) is 9.19. The number of carbonyl (C=O) groups is 1. The van der Waals surface area contributed by atoms with Crippen molar-refractivity contribution in [3.63, 3.8) is 0 Å². The molecule has 0 atom stereocenters. The van der Waals surface area contributed by atoms with E-state index in [1.807, 2.05) is 42.7 Å². The molecular formula is C20H20N6O2S. The Bertz CT molecular complexity index is 1240. The predicted molar refractivity (Wildman–Crippen MR) is 114 cm³/mol. The van der Waals surface area contributed by atoms with Gasteiger partial charge in [0, 0.05) is 17.8 Å². The molecular weight excluding hydrogens is 388 g/mol. The number of benzene rings is 2. The van der Waals surface area contributed by atoms with Crippen molar-refractivity contribution < 1.29 is 4.79 Å². The highest BCUT2D eigenvalue weighted by molar-refractivity contribution is 7.99. The Balaban J connectivity index is 1.46. The molecule has 8 nitrogen and oxygen atoms in total. The van der Waals surface area contributed by atoms with E-state index in [9.17, 15) is 9.59 Å². The van der Waals surface area contributed by atoms with Crippen molar-refractivity contribution in [3.8, 4) is 11.4 Å². The Morgan fingerprint density at radius 2 is 1.93 bits per heavy atom. The van der Waals surface area contributed by atoms with E-state index in [1.165, 1.54) is 11.8 Å². The number of imidazole rings is 1. The molecule has 0 radical (unpaired) electrons. The fourth-order valence-corrected chi connectivity index (χ4v) is 3.94. The summed E-state index contributed by atoms with van der Waals surface area (Å²) in [6.45, 7) is 4.78. The van der Waals surface area contributed by atoms with Crippen LogP contribution in [0.1, 0.15) is 12.5 Å². The lowest BCUT2D eigenvalue weighted by atomic mass is 10.1. The van der Waals surface area contributed by atoms with Crippen LogP contribution < -0.4 is 11.0 Å². The van der Waals surface area contributed by atoms with Crippen LogP contribution in [0.4, 0.5) is 5.69 Å². The molecule has 0 bridgehead atoms. The molecule has 0 aliphatic rings. The smallest absolute Gasteiger partial charge is 0.323 e. The van der Waals surface area contributed by atoms with Crippen molar-refractivity contribution in [1.29, 1.82) is 0 Å². The van der Waals surface area contributed by atoms with E-state index < -0.39 is 0 Å². The molecule has 2 aromatic heterocycles. The number of carbonyl (C=O) groups excluding carboxylic acids is 1. The number of rotatable bonds is 6. The first-order valence-corrected chi connectivity index (χ1v) is 10.2. The van der Waals surface area contributed by atoms with Gasteiger partial charge >= 0.3 is 5.69 Å². The summed E-state index contributed by atoms with van der Waals surface area (Å²) < 4.78 is 2.01. The SMILES string of the molecule is CCn1c(SCC(=O)Nc2ccc3[nH]c(=O)[nH]c3c2)nnc1-c1ccccc1C. The van der Waals surface area contributed by atoms with Crippen LogP contribution in [0, 0.1) is 6.92 Å². The molecule has 0 fully saturated rings. The van der Waals surface area contributed by atoms with Crippen LogP contribution in [-0.2, 0) is 11.3 Å². The van der Waals surface area contributed by atoms with Crippen LogP contribution >= 0.6 is 11.8 Å². The molecule has 2 aromatic carbocycles. The Morgan fingerprint density at radius 3 is 2.72 bits per heavy atom. The van der Waals surface area contributed by atoms with Crippen LogP contribution in [-0.4, -0.2) is 36.4 Å². The summed E-state index contributed by atoms with van der Waals surface area (Å²) in [6, 6.07) is 13.3. The molecule has 4 rings (SSSR count). The minimum absolute atomic E-state index is 0.157. The number of nitrogens with zero attached hydrogens (tertiary/aromatic N) is 3. The molecule has 0 saturated carbocycles. The highest BCUT2D eigenvalue weighted by atomic mass is 32.2. The van der Waals surface area contributed by atoms with Gasteiger partial charge in [0.1, 0.15) is 0 Å². The minimum atomic E-state index is -0.276. The van der Waals surface area contributed by atoms with E-state index in [1.54, 1.807) is 18.2 Å². The standard InChI is InChI=1S/C20H20N6O2S/c1-3-26-18(14-7-5-4-6-12(14)2)24-25-20(26)29-11-17(27)21-13-8-9-15-16(10-13)23-19(28)22-15/h4-10H,3,11H2,1-2H3,(H,21,27)(H2,22,23,28). The van der Waals surface area contributed by atoms with Gasteiger partial charge in [-0.1, -0.05) is 36.0 Å². The van der Waals surface area contributed by atoms with Crippen LogP contribution in [0.15, 0.2) is 52.4 Å². The van der Waals surface area contributed by atoms with Crippen LogP contribution in [0.5, 0.6) is 0 Å². The Morgan fingerprint density at radius 1 is 1.14 bits per heavy atom. The Hall–Kier alpha value is -3.33. The van der Waals surface area contributed by atoms with Crippen molar-refractivity contribution in [2.45, 2.75) is 25.5 Å². The molecule has 0 aliphatic carbocycles. The molecule has 148 valence electrons.